The number of hydrogen-bond acceptors (Lipinski definition) is 5. The summed E-state index contributed by atoms with van der Waals surface area (Å²) in [6, 6.07) is 22.1. The maximum Gasteiger partial charge on any atom is 0.115 e. The summed E-state index contributed by atoms with van der Waals surface area (Å²) in [6.45, 7) is 2.20. The molecule has 0 aliphatic heterocycles. The number of phenols is 1. The summed E-state index contributed by atoms with van der Waals surface area (Å²) in [5.41, 5.74) is 4.33. The second-order valence-corrected chi connectivity index (χ2v) is 6.20. The topological polar surface area (TPSA) is 69.7 Å². The average molecular weight is 358 g/mol. The Morgan fingerprint density at radius 1 is 0.593 bits per heavy atom. The van der Waals surface area contributed by atoms with E-state index >= 15 is 0 Å². The number of nitrogens with zero attached hydrogens (tertiary/aromatic N) is 4. The molecule has 0 saturated carbocycles. The zero-order chi connectivity index (χ0) is 18.9. The number of aryl methyl sites for hydroxylation is 1. The van der Waals surface area contributed by atoms with Crippen LogP contribution in [0.3, 0.4) is 0 Å². The number of benzene rings is 3. The quantitative estimate of drug-likeness (QED) is 0.435. The Morgan fingerprint density at radius 2 is 0.963 bits per heavy atom. The molecule has 0 atom stereocenters. The molecule has 3 aromatic rings. The molecule has 3 rings (SSSR count). The van der Waals surface area contributed by atoms with Gasteiger partial charge >= 0.3 is 0 Å². The molecule has 27 heavy (non-hydrogen) atoms. The minimum absolute atomic E-state index is 0.208. The largest absolute Gasteiger partial charge is 0.508 e. The van der Waals surface area contributed by atoms with E-state index in [2.05, 4.69) is 39.5 Å². The maximum absolute atomic E-state index is 9.26. The van der Waals surface area contributed by atoms with Gasteiger partial charge in [-0.2, -0.15) is 20.5 Å². The van der Waals surface area contributed by atoms with Crippen molar-refractivity contribution in [2.24, 2.45) is 20.5 Å². The zero-order valence-electron chi connectivity index (χ0n) is 15.3. The molecule has 1 N–H and O–H groups in total. The van der Waals surface area contributed by atoms with Crippen LogP contribution in [0.1, 0.15) is 25.3 Å². The van der Waals surface area contributed by atoms with Gasteiger partial charge in [0, 0.05) is 0 Å². The van der Waals surface area contributed by atoms with Gasteiger partial charge in [0.15, 0.2) is 0 Å². The highest BCUT2D eigenvalue weighted by atomic mass is 16.3. The van der Waals surface area contributed by atoms with Crippen molar-refractivity contribution in [3.05, 3.63) is 78.4 Å². The average Bonchev–Trinajstić information content (AvgIpc) is 2.72. The maximum atomic E-state index is 9.26. The Balaban J connectivity index is 1.59. The van der Waals surface area contributed by atoms with Crippen LogP contribution in [-0.2, 0) is 6.42 Å². The summed E-state index contributed by atoms with van der Waals surface area (Å²) in [7, 11) is 0. The van der Waals surface area contributed by atoms with E-state index in [-0.39, 0.29) is 5.75 Å². The van der Waals surface area contributed by atoms with Crippen molar-refractivity contribution < 1.29 is 5.11 Å². The Morgan fingerprint density at radius 3 is 1.37 bits per heavy atom. The van der Waals surface area contributed by atoms with Gasteiger partial charge in [0.2, 0.25) is 0 Å². The van der Waals surface area contributed by atoms with Gasteiger partial charge in [-0.1, -0.05) is 25.5 Å². The summed E-state index contributed by atoms with van der Waals surface area (Å²) >= 11 is 0. The Kier molecular flexibility index (Phi) is 6.41. The Hall–Kier alpha value is -3.34. The summed E-state index contributed by atoms with van der Waals surface area (Å²) in [5, 5.41) is 26.1. The van der Waals surface area contributed by atoms with Gasteiger partial charge in [0.1, 0.15) is 5.75 Å². The molecule has 0 bridgehead atoms. The van der Waals surface area contributed by atoms with Crippen LogP contribution in [0.2, 0.25) is 0 Å². The van der Waals surface area contributed by atoms with Gasteiger partial charge in [0.05, 0.1) is 22.7 Å². The molecule has 0 aromatic heterocycles. The van der Waals surface area contributed by atoms with Crippen LogP contribution in [0, 0.1) is 0 Å². The van der Waals surface area contributed by atoms with E-state index in [9.17, 15) is 5.11 Å². The molecule has 0 saturated heterocycles. The molecular weight excluding hydrogens is 336 g/mol. The van der Waals surface area contributed by atoms with Gasteiger partial charge in [-0.05, 0) is 79.1 Å². The van der Waals surface area contributed by atoms with E-state index in [0.29, 0.717) is 5.69 Å². The van der Waals surface area contributed by atoms with Crippen molar-refractivity contribution >= 4 is 22.7 Å². The molecule has 0 aliphatic carbocycles. The standard InChI is InChI=1S/C22H22N4O/c1-2-3-4-17-5-7-18(8-6-17)23-24-19-9-11-20(12-10-19)25-26-21-13-15-22(27)16-14-21/h5-16,27H,2-4H2,1H3. The minimum Gasteiger partial charge on any atom is -0.508 e. The molecule has 136 valence electrons. The van der Waals surface area contributed by atoms with E-state index in [1.165, 1.54) is 18.4 Å². The van der Waals surface area contributed by atoms with Crippen molar-refractivity contribution in [1.29, 1.82) is 0 Å². The molecule has 0 amide bonds. The van der Waals surface area contributed by atoms with Crippen LogP contribution in [0.15, 0.2) is 93.3 Å². The van der Waals surface area contributed by atoms with Crippen LogP contribution in [0.5, 0.6) is 5.75 Å². The first-order valence-corrected chi connectivity index (χ1v) is 9.04. The van der Waals surface area contributed by atoms with Gasteiger partial charge in [-0.3, -0.25) is 0 Å². The molecule has 5 heteroatoms. The first-order chi connectivity index (χ1) is 13.2. The van der Waals surface area contributed by atoms with E-state index in [0.717, 1.165) is 23.5 Å². The molecule has 3 aromatic carbocycles. The molecular formula is C22H22N4O. The van der Waals surface area contributed by atoms with E-state index in [1.54, 1.807) is 24.3 Å². The first-order valence-electron chi connectivity index (χ1n) is 9.04. The molecule has 0 spiro atoms. The molecule has 0 aliphatic rings. The highest BCUT2D eigenvalue weighted by Gasteiger charge is 1.96. The van der Waals surface area contributed by atoms with Crippen molar-refractivity contribution in [3.8, 4) is 5.75 Å². The molecule has 0 radical (unpaired) electrons. The number of phenolic OH excluding ortho intramolecular Hbond substituents is 1. The lowest BCUT2D eigenvalue weighted by Crippen LogP contribution is -1.82. The lowest BCUT2D eigenvalue weighted by atomic mass is 10.1. The summed E-state index contributed by atoms with van der Waals surface area (Å²) < 4.78 is 0. The monoisotopic (exact) mass is 358 g/mol. The van der Waals surface area contributed by atoms with Gasteiger partial charge < -0.3 is 5.11 Å². The smallest absolute Gasteiger partial charge is 0.115 e. The van der Waals surface area contributed by atoms with Crippen LogP contribution in [0.25, 0.3) is 0 Å². The van der Waals surface area contributed by atoms with Gasteiger partial charge in [-0.15, -0.1) is 0 Å². The second kappa shape index (κ2) is 9.38. The van der Waals surface area contributed by atoms with E-state index in [4.69, 9.17) is 0 Å². The highest BCUT2D eigenvalue weighted by Crippen LogP contribution is 2.24. The van der Waals surface area contributed by atoms with Crippen molar-refractivity contribution in [3.63, 3.8) is 0 Å². The predicted molar refractivity (Wildman–Crippen MR) is 108 cm³/mol. The fraction of sp³-hybridized carbons (Fsp3) is 0.182. The van der Waals surface area contributed by atoms with Crippen LogP contribution in [0.4, 0.5) is 22.7 Å². The van der Waals surface area contributed by atoms with Crippen molar-refractivity contribution in [1.82, 2.24) is 0 Å². The summed E-state index contributed by atoms with van der Waals surface area (Å²) in [5.74, 6) is 0.208. The Bertz CT molecular complexity index is 899. The number of hydrogen-bond donors (Lipinski definition) is 1. The fourth-order valence-corrected chi connectivity index (χ4v) is 2.45. The summed E-state index contributed by atoms with van der Waals surface area (Å²) in [6.07, 6.45) is 3.51. The third-order valence-corrected chi connectivity index (χ3v) is 4.02. The first kappa shape index (κ1) is 18.5. The third-order valence-electron chi connectivity index (χ3n) is 4.02. The van der Waals surface area contributed by atoms with Crippen LogP contribution >= 0.6 is 0 Å². The highest BCUT2D eigenvalue weighted by molar-refractivity contribution is 5.48. The lowest BCUT2D eigenvalue weighted by molar-refractivity contribution is 0.475. The van der Waals surface area contributed by atoms with E-state index < -0.39 is 0 Å². The van der Waals surface area contributed by atoms with E-state index in [1.807, 2.05) is 36.4 Å². The van der Waals surface area contributed by atoms with Crippen molar-refractivity contribution in [2.45, 2.75) is 26.2 Å². The minimum atomic E-state index is 0.208. The molecule has 5 nitrogen and oxygen atoms in total. The number of unbranched alkanes of at least 4 members (excludes halogenated alkanes) is 1. The van der Waals surface area contributed by atoms with Gasteiger partial charge in [0.25, 0.3) is 0 Å². The van der Waals surface area contributed by atoms with Crippen LogP contribution < -0.4 is 0 Å². The Labute approximate surface area is 159 Å². The molecule has 0 unspecified atom stereocenters. The molecule has 0 fully saturated rings. The molecule has 0 heterocycles. The van der Waals surface area contributed by atoms with Crippen LogP contribution in [-0.4, -0.2) is 5.11 Å². The number of rotatable bonds is 7. The number of aromatic hydroxyl groups is 1. The third kappa shape index (κ3) is 5.85. The zero-order valence-corrected chi connectivity index (χ0v) is 15.3. The van der Waals surface area contributed by atoms with Crippen molar-refractivity contribution in [2.75, 3.05) is 0 Å². The SMILES string of the molecule is CCCCc1ccc(N=Nc2ccc(N=Nc3ccc(O)cc3)cc2)cc1. The second-order valence-electron chi connectivity index (χ2n) is 6.20. The summed E-state index contributed by atoms with van der Waals surface area (Å²) in [4.78, 5) is 0. The lowest BCUT2D eigenvalue weighted by Gasteiger charge is -1.99. The fourth-order valence-electron chi connectivity index (χ4n) is 2.45. The van der Waals surface area contributed by atoms with Gasteiger partial charge in [-0.25, -0.2) is 0 Å². The number of azo groups is 2. The predicted octanol–water partition coefficient (Wildman–Crippen LogP) is 7.57. The normalized spacial score (nSPS) is 11.4.